The third-order valence-electron chi connectivity index (χ3n) is 4.69. The molecular formula is C21H27ClN2S. The Hall–Kier alpha value is -1.03. The van der Waals surface area contributed by atoms with Crippen molar-refractivity contribution in [1.29, 1.82) is 0 Å². The number of aromatic nitrogens is 1. The number of hydrogen-bond acceptors (Lipinski definition) is 3. The zero-order valence-electron chi connectivity index (χ0n) is 15.1. The van der Waals surface area contributed by atoms with Gasteiger partial charge in [0.2, 0.25) is 0 Å². The van der Waals surface area contributed by atoms with Crippen molar-refractivity contribution in [3.63, 3.8) is 0 Å². The molecular weight excluding hydrogens is 348 g/mol. The molecule has 2 aromatic rings. The van der Waals surface area contributed by atoms with E-state index in [2.05, 4.69) is 48.4 Å². The highest BCUT2D eigenvalue weighted by Gasteiger charge is 2.15. The molecule has 2 heterocycles. The second kappa shape index (κ2) is 9.07. The minimum atomic E-state index is 0.736. The van der Waals surface area contributed by atoms with Crippen LogP contribution in [0.25, 0.3) is 0 Å². The summed E-state index contributed by atoms with van der Waals surface area (Å²) in [4.78, 5) is 5.90. The molecule has 0 atom stereocenters. The fourth-order valence-electron chi connectivity index (χ4n) is 3.16. The van der Waals surface area contributed by atoms with Crippen molar-refractivity contribution in [2.24, 2.45) is 5.92 Å². The number of aryl methyl sites for hydroxylation is 1. The third-order valence-corrected chi connectivity index (χ3v) is 6.32. The zero-order valence-corrected chi connectivity index (χ0v) is 16.7. The smallest absolute Gasteiger partial charge is 0.0544 e. The van der Waals surface area contributed by atoms with E-state index >= 15 is 0 Å². The summed E-state index contributed by atoms with van der Waals surface area (Å²) in [6.07, 6.45) is 6.51. The van der Waals surface area contributed by atoms with E-state index in [-0.39, 0.29) is 0 Å². The Morgan fingerprint density at radius 3 is 2.76 bits per heavy atom. The number of pyridine rings is 1. The second-order valence-electron chi connectivity index (χ2n) is 7.14. The number of hydrogen-bond donors (Lipinski definition) is 1. The van der Waals surface area contributed by atoms with Crippen LogP contribution in [-0.4, -0.2) is 18.1 Å². The van der Waals surface area contributed by atoms with Gasteiger partial charge < -0.3 is 5.32 Å². The Morgan fingerprint density at radius 1 is 1.16 bits per heavy atom. The van der Waals surface area contributed by atoms with E-state index in [0.29, 0.717) is 0 Å². The number of nitrogens with one attached hydrogen (secondary N) is 1. The molecule has 2 nitrogen and oxygen atoms in total. The van der Waals surface area contributed by atoms with Crippen molar-refractivity contribution in [2.45, 2.75) is 50.2 Å². The van der Waals surface area contributed by atoms with Gasteiger partial charge in [0.1, 0.15) is 0 Å². The lowest BCUT2D eigenvalue weighted by atomic mass is 10.0. The van der Waals surface area contributed by atoms with Crippen LogP contribution in [0.4, 0.5) is 0 Å². The minimum Gasteiger partial charge on any atom is -0.316 e. The molecule has 0 amide bonds. The number of halogens is 1. The maximum absolute atomic E-state index is 6.52. The molecule has 0 saturated heterocycles. The van der Waals surface area contributed by atoms with Crippen molar-refractivity contribution >= 4 is 23.4 Å². The van der Waals surface area contributed by atoms with Crippen LogP contribution in [0.15, 0.2) is 35.4 Å². The lowest BCUT2D eigenvalue weighted by Crippen LogP contribution is -2.16. The first kappa shape index (κ1) is 18.8. The summed E-state index contributed by atoms with van der Waals surface area (Å²) in [7, 11) is 0. The van der Waals surface area contributed by atoms with Gasteiger partial charge in [0.25, 0.3) is 0 Å². The van der Waals surface area contributed by atoms with E-state index in [1.807, 2.05) is 18.0 Å². The fourth-order valence-corrected chi connectivity index (χ4v) is 4.57. The first-order valence-corrected chi connectivity index (χ1v) is 10.6. The molecule has 1 N–H and O–H groups in total. The Balaban J connectivity index is 1.67. The highest BCUT2D eigenvalue weighted by Crippen LogP contribution is 2.35. The van der Waals surface area contributed by atoms with E-state index in [4.69, 9.17) is 11.6 Å². The highest BCUT2D eigenvalue weighted by molar-refractivity contribution is 7.98. The monoisotopic (exact) mass is 374 g/mol. The molecule has 0 saturated carbocycles. The van der Waals surface area contributed by atoms with Crippen molar-refractivity contribution in [2.75, 3.05) is 13.1 Å². The lowest BCUT2D eigenvalue weighted by molar-refractivity contribution is 0.586. The van der Waals surface area contributed by atoms with E-state index in [0.717, 1.165) is 54.7 Å². The molecule has 1 aromatic heterocycles. The van der Waals surface area contributed by atoms with Gasteiger partial charge in [0.05, 0.1) is 10.7 Å². The molecule has 25 heavy (non-hydrogen) atoms. The predicted octanol–water partition coefficient (Wildman–Crippen LogP) is 5.30. The van der Waals surface area contributed by atoms with E-state index in [1.165, 1.54) is 28.0 Å². The number of thioether (sulfide) groups is 1. The van der Waals surface area contributed by atoms with Gasteiger partial charge in [0, 0.05) is 16.8 Å². The summed E-state index contributed by atoms with van der Waals surface area (Å²) < 4.78 is 0. The summed E-state index contributed by atoms with van der Waals surface area (Å²) in [5.41, 5.74) is 5.32. The molecule has 134 valence electrons. The first-order valence-electron chi connectivity index (χ1n) is 9.21. The molecule has 0 bridgehead atoms. The van der Waals surface area contributed by atoms with Crippen LogP contribution in [0.3, 0.4) is 0 Å². The molecule has 0 fully saturated rings. The average molecular weight is 375 g/mol. The Bertz CT molecular complexity index is 698. The van der Waals surface area contributed by atoms with Crippen LogP contribution < -0.4 is 5.32 Å². The number of nitrogens with zero attached hydrogens (tertiary/aromatic N) is 1. The van der Waals surface area contributed by atoms with Gasteiger partial charge >= 0.3 is 0 Å². The fraction of sp³-hybridized carbons (Fsp3) is 0.476. The molecule has 0 radical (unpaired) electrons. The van der Waals surface area contributed by atoms with Gasteiger partial charge in [-0.2, -0.15) is 0 Å². The van der Waals surface area contributed by atoms with Gasteiger partial charge in [-0.3, -0.25) is 4.98 Å². The van der Waals surface area contributed by atoms with Crippen LogP contribution in [0.2, 0.25) is 5.02 Å². The van der Waals surface area contributed by atoms with Crippen LogP contribution in [0.5, 0.6) is 0 Å². The predicted molar refractivity (Wildman–Crippen MR) is 109 cm³/mol. The van der Waals surface area contributed by atoms with Crippen molar-refractivity contribution in [3.8, 4) is 0 Å². The van der Waals surface area contributed by atoms with E-state index in [1.54, 1.807) is 0 Å². The maximum Gasteiger partial charge on any atom is 0.0544 e. The summed E-state index contributed by atoms with van der Waals surface area (Å²) in [5, 5.41) is 4.35. The SMILES string of the molecule is CC(C)CCc1ccc(CSc2c(Cl)ccc3c2CCNCC3)nc1. The first-order chi connectivity index (χ1) is 12.1. The van der Waals surface area contributed by atoms with Crippen LogP contribution in [0, 0.1) is 5.92 Å². The number of benzene rings is 1. The standard InChI is InChI=1S/C21H27ClN2S/c1-15(2)3-4-16-5-7-18(24-13-16)14-25-21-19-10-12-23-11-9-17(19)6-8-20(21)22/h5-8,13,15,23H,3-4,9-12,14H2,1-2H3. The molecule has 0 aliphatic carbocycles. The van der Waals surface area contributed by atoms with Crippen LogP contribution in [-0.2, 0) is 25.0 Å². The zero-order chi connectivity index (χ0) is 17.6. The molecule has 0 spiro atoms. The largest absolute Gasteiger partial charge is 0.316 e. The normalized spacial score (nSPS) is 14.4. The molecule has 3 rings (SSSR count). The van der Waals surface area contributed by atoms with Gasteiger partial charge in [-0.05, 0) is 73.5 Å². The molecule has 0 unspecified atom stereocenters. The summed E-state index contributed by atoms with van der Waals surface area (Å²) >= 11 is 8.34. The molecule has 4 heteroatoms. The van der Waals surface area contributed by atoms with Gasteiger partial charge in [-0.25, -0.2) is 0 Å². The number of fused-ring (bicyclic) bond motifs is 1. The van der Waals surface area contributed by atoms with Crippen molar-refractivity contribution in [1.82, 2.24) is 10.3 Å². The van der Waals surface area contributed by atoms with Crippen molar-refractivity contribution < 1.29 is 0 Å². The summed E-state index contributed by atoms with van der Waals surface area (Å²) in [6.45, 7) is 6.61. The maximum atomic E-state index is 6.52. The number of rotatable bonds is 6. The van der Waals surface area contributed by atoms with Crippen LogP contribution >= 0.6 is 23.4 Å². The Labute approximate surface area is 160 Å². The van der Waals surface area contributed by atoms with Gasteiger partial charge in [0.15, 0.2) is 0 Å². The van der Waals surface area contributed by atoms with Crippen molar-refractivity contribution in [3.05, 3.63) is 57.9 Å². The Kier molecular flexibility index (Phi) is 6.80. The van der Waals surface area contributed by atoms with Crippen LogP contribution in [0.1, 0.15) is 42.7 Å². The highest BCUT2D eigenvalue weighted by atomic mass is 35.5. The summed E-state index contributed by atoms with van der Waals surface area (Å²) in [6, 6.07) is 8.63. The quantitative estimate of drug-likeness (QED) is 0.694. The minimum absolute atomic E-state index is 0.736. The van der Waals surface area contributed by atoms with E-state index in [9.17, 15) is 0 Å². The molecule has 1 aliphatic rings. The topological polar surface area (TPSA) is 24.9 Å². The molecule has 1 aliphatic heterocycles. The van der Waals surface area contributed by atoms with Gasteiger partial charge in [-0.1, -0.05) is 37.6 Å². The van der Waals surface area contributed by atoms with Gasteiger partial charge in [-0.15, -0.1) is 11.8 Å². The second-order valence-corrected chi connectivity index (χ2v) is 8.54. The van der Waals surface area contributed by atoms with E-state index < -0.39 is 0 Å². The third kappa shape index (κ3) is 5.22. The lowest BCUT2D eigenvalue weighted by Gasteiger charge is -2.14. The Morgan fingerprint density at radius 2 is 2.00 bits per heavy atom. The summed E-state index contributed by atoms with van der Waals surface area (Å²) in [5.74, 6) is 1.61. The average Bonchev–Trinajstić information content (AvgIpc) is 2.85. The molecule has 1 aromatic carbocycles.